The molecular formula is C16H28N2O. The molecule has 0 unspecified atom stereocenters. The summed E-state index contributed by atoms with van der Waals surface area (Å²) in [5, 5.41) is 6.77. The summed E-state index contributed by atoms with van der Waals surface area (Å²) in [5.41, 5.74) is 2.46. The van der Waals surface area contributed by atoms with Gasteiger partial charge in [0.15, 0.2) is 0 Å². The van der Waals surface area contributed by atoms with Gasteiger partial charge in [0.1, 0.15) is 5.75 Å². The highest BCUT2D eigenvalue weighted by atomic mass is 16.5. The maximum absolute atomic E-state index is 5.45. The van der Waals surface area contributed by atoms with Crippen LogP contribution in [0.2, 0.25) is 0 Å². The van der Waals surface area contributed by atoms with Gasteiger partial charge in [-0.15, -0.1) is 0 Å². The molecule has 0 heterocycles. The van der Waals surface area contributed by atoms with Crippen molar-refractivity contribution in [1.82, 2.24) is 5.32 Å². The molecule has 0 aliphatic carbocycles. The van der Waals surface area contributed by atoms with Crippen LogP contribution >= 0.6 is 0 Å². The largest absolute Gasteiger partial charge is 0.495 e. The number of benzene rings is 1. The van der Waals surface area contributed by atoms with Gasteiger partial charge >= 0.3 is 0 Å². The maximum atomic E-state index is 5.45. The van der Waals surface area contributed by atoms with Crippen LogP contribution in [0.3, 0.4) is 0 Å². The number of anilines is 1. The fraction of sp³-hybridized carbons (Fsp3) is 0.625. The Morgan fingerprint density at radius 3 is 2.21 bits per heavy atom. The molecule has 3 heteroatoms. The van der Waals surface area contributed by atoms with E-state index in [1.54, 1.807) is 7.11 Å². The third-order valence-corrected chi connectivity index (χ3v) is 3.16. The second-order valence-corrected chi connectivity index (χ2v) is 6.70. The quantitative estimate of drug-likeness (QED) is 0.855. The minimum absolute atomic E-state index is 0.0292. The molecular weight excluding hydrogens is 236 g/mol. The minimum Gasteiger partial charge on any atom is -0.495 e. The smallest absolute Gasteiger partial charge is 0.141 e. The van der Waals surface area contributed by atoms with E-state index in [0.29, 0.717) is 0 Å². The van der Waals surface area contributed by atoms with Gasteiger partial charge in [0.2, 0.25) is 0 Å². The Kier molecular flexibility index (Phi) is 4.86. The molecule has 0 bridgehead atoms. The van der Waals surface area contributed by atoms with Crippen LogP contribution in [0.25, 0.3) is 0 Å². The van der Waals surface area contributed by atoms with Gasteiger partial charge in [0, 0.05) is 12.1 Å². The first-order valence-electron chi connectivity index (χ1n) is 6.81. The fourth-order valence-electron chi connectivity index (χ4n) is 2.12. The van der Waals surface area contributed by atoms with Crippen LogP contribution in [0.15, 0.2) is 18.2 Å². The topological polar surface area (TPSA) is 33.3 Å². The zero-order valence-electron chi connectivity index (χ0n) is 13.3. The molecule has 0 aromatic heterocycles. The van der Waals surface area contributed by atoms with E-state index in [2.05, 4.69) is 57.4 Å². The first-order valence-corrected chi connectivity index (χ1v) is 6.81. The standard InChI is InChI=1S/C16H28N2O/c1-15(2,3)12-8-9-14(19-7)13(10-12)18-16(4,5)11-17-6/h8-10,17-18H,11H2,1-7H3. The molecule has 0 saturated carbocycles. The summed E-state index contributed by atoms with van der Waals surface area (Å²) in [7, 11) is 3.68. The van der Waals surface area contributed by atoms with Crippen molar-refractivity contribution in [2.45, 2.75) is 45.6 Å². The molecule has 0 radical (unpaired) electrons. The Morgan fingerprint density at radius 1 is 1.11 bits per heavy atom. The fourth-order valence-corrected chi connectivity index (χ4v) is 2.12. The van der Waals surface area contributed by atoms with Gasteiger partial charge in [0.05, 0.1) is 12.8 Å². The SMILES string of the molecule is CNCC(C)(C)Nc1cc(C(C)(C)C)ccc1OC. The van der Waals surface area contributed by atoms with Gasteiger partial charge < -0.3 is 15.4 Å². The summed E-state index contributed by atoms with van der Waals surface area (Å²) in [6.07, 6.45) is 0. The molecule has 0 spiro atoms. The molecule has 3 nitrogen and oxygen atoms in total. The lowest BCUT2D eigenvalue weighted by atomic mass is 9.86. The molecule has 0 aliphatic heterocycles. The van der Waals surface area contributed by atoms with Crippen molar-refractivity contribution in [2.75, 3.05) is 26.0 Å². The summed E-state index contributed by atoms with van der Waals surface area (Å²) in [4.78, 5) is 0. The Labute approximate surface area is 117 Å². The van der Waals surface area contributed by atoms with E-state index in [-0.39, 0.29) is 11.0 Å². The monoisotopic (exact) mass is 264 g/mol. The minimum atomic E-state index is -0.0292. The summed E-state index contributed by atoms with van der Waals surface area (Å²) in [6.45, 7) is 11.9. The van der Waals surface area contributed by atoms with Crippen LogP contribution in [0.5, 0.6) is 5.75 Å². The Balaban J connectivity index is 3.10. The molecule has 1 aromatic rings. The van der Waals surface area contributed by atoms with E-state index in [0.717, 1.165) is 18.0 Å². The lowest BCUT2D eigenvalue weighted by molar-refractivity contribution is 0.413. The molecule has 1 rings (SSSR count). The molecule has 0 amide bonds. The summed E-state index contributed by atoms with van der Waals surface area (Å²) in [5.74, 6) is 0.886. The molecule has 1 aromatic carbocycles. The molecule has 2 N–H and O–H groups in total. The normalized spacial score (nSPS) is 12.4. The van der Waals surface area contributed by atoms with Crippen molar-refractivity contribution < 1.29 is 4.74 Å². The van der Waals surface area contributed by atoms with E-state index in [4.69, 9.17) is 4.74 Å². The predicted octanol–water partition coefficient (Wildman–Crippen LogP) is 3.40. The van der Waals surface area contributed by atoms with E-state index in [1.807, 2.05) is 13.1 Å². The molecule has 0 atom stereocenters. The van der Waals surface area contributed by atoms with Gasteiger partial charge in [-0.25, -0.2) is 0 Å². The number of likely N-dealkylation sites (N-methyl/N-ethyl adjacent to an activating group) is 1. The average Bonchev–Trinajstić information content (AvgIpc) is 2.27. The summed E-state index contributed by atoms with van der Waals surface area (Å²) in [6, 6.07) is 6.36. The molecule has 19 heavy (non-hydrogen) atoms. The molecule has 0 fully saturated rings. The van der Waals surface area contributed by atoms with E-state index < -0.39 is 0 Å². The highest BCUT2D eigenvalue weighted by molar-refractivity contribution is 5.60. The number of methoxy groups -OCH3 is 1. The highest BCUT2D eigenvalue weighted by Crippen LogP contribution is 2.32. The highest BCUT2D eigenvalue weighted by Gasteiger charge is 2.21. The third kappa shape index (κ3) is 4.43. The van der Waals surface area contributed by atoms with Gasteiger partial charge in [-0.2, -0.15) is 0 Å². The Morgan fingerprint density at radius 2 is 1.74 bits per heavy atom. The number of ether oxygens (including phenoxy) is 1. The third-order valence-electron chi connectivity index (χ3n) is 3.16. The van der Waals surface area contributed by atoms with E-state index >= 15 is 0 Å². The van der Waals surface area contributed by atoms with Crippen molar-refractivity contribution in [1.29, 1.82) is 0 Å². The second kappa shape index (κ2) is 5.83. The number of hydrogen-bond donors (Lipinski definition) is 2. The van der Waals surface area contributed by atoms with Crippen LogP contribution < -0.4 is 15.4 Å². The van der Waals surface area contributed by atoms with Gasteiger partial charge in [0.25, 0.3) is 0 Å². The zero-order chi connectivity index (χ0) is 14.7. The van der Waals surface area contributed by atoms with Gasteiger partial charge in [-0.1, -0.05) is 26.8 Å². The summed E-state index contributed by atoms with van der Waals surface area (Å²) < 4.78 is 5.45. The van der Waals surface area contributed by atoms with Gasteiger partial charge in [-0.05, 0) is 44.0 Å². The van der Waals surface area contributed by atoms with Crippen molar-refractivity contribution in [2.24, 2.45) is 0 Å². The first kappa shape index (κ1) is 15.8. The molecule has 0 saturated heterocycles. The number of nitrogens with one attached hydrogen (secondary N) is 2. The van der Waals surface area contributed by atoms with Crippen LogP contribution in [0.1, 0.15) is 40.2 Å². The van der Waals surface area contributed by atoms with Crippen LogP contribution in [0.4, 0.5) is 5.69 Å². The number of rotatable bonds is 5. The first-order chi connectivity index (χ1) is 8.69. The van der Waals surface area contributed by atoms with Crippen molar-refractivity contribution in [3.05, 3.63) is 23.8 Å². The van der Waals surface area contributed by atoms with Crippen LogP contribution in [-0.4, -0.2) is 26.2 Å². The maximum Gasteiger partial charge on any atom is 0.141 e. The molecule has 0 aliphatic rings. The van der Waals surface area contributed by atoms with Crippen molar-refractivity contribution in [3.63, 3.8) is 0 Å². The van der Waals surface area contributed by atoms with Crippen LogP contribution in [-0.2, 0) is 5.41 Å². The van der Waals surface area contributed by atoms with Gasteiger partial charge in [-0.3, -0.25) is 0 Å². The lowest BCUT2D eigenvalue weighted by Gasteiger charge is -2.29. The van der Waals surface area contributed by atoms with Crippen LogP contribution in [0, 0.1) is 0 Å². The Hall–Kier alpha value is -1.22. The van der Waals surface area contributed by atoms with Crippen molar-refractivity contribution >= 4 is 5.69 Å². The Bertz CT molecular complexity index is 419. The number of hydrogen-bond acceptors (Lipinski definition) is 3. The molecule has 108 valence electrons. The predicted molar refractivity (Wildman–Crippen MR) is 83.3 cm³/mol. The summed E-state index contributed by atoms with van der Waals surface area (Å²) >= 11 is 0. The lowest BCUT2D eigenvalue weighted by Crippen LogP contribution is -2.40. The van der Waals surface area contributed by atoms with E-state index in [1.165, 1.54) is 5.56 Å². The van der Waals surface area contributed by atoms with Crippen molar-refractivity contribution in [3.8, 4) is 5.75 Å². The van der Waals surface area contributed by atoms with E-state index in [9.17, 15) is 0 Å². The zero-order valence-corrected chi connectivity index (χ0v) is 13.3. The second-order valence-electron chi connectivity index (χ2n) is 6.70. The average molecular weight is 264 g/mol.